The summed E-state index contributed by atoms with van der Waals surface area (Å²) in [7, 11) is -4.04. The van der Waals surface area contributed by atoms with Gasteiger partial charge in [-0.05, 0) is 42.8 Å². The molecule has 0 spiro atoms. The quantitative estimate of drug-likeness (QED) is 0.683. The number of hydrogen-bond acceptors (Lipinski definition) is 6. The van der Waals surface area contributed by atoms with E-state index in [1.54, 1.807) is 13.0 Å². The Morgan fingerprint density at radius 3 is 2.69 bits per heavy atom. The number of rotatable bonds is 5. The molecule has 0 radical (unpaired) electrons. The van der Waals surface area contributed by atoms with E-state index >= 15 is 0 Å². The van der Waals surface area contributed by atoms with Gasteiger partial charge in [0.25, 0.3) is 15.9 Å². The lowest BCUT2D eigenvalue weighted by Crippen LogP contribution is -2.14. The monoisotopic (exact) mass is 393 g/mol. The second-order valence-corrected chi connectivity index (χ2v) is 7.72. The Kier molecular flexibility index (Phi) is 4.88. The fourth-order valence-electron chi connectivity index (χ4n) is 2.33. The van der Waals surface area contributed by atoms with Gasteiger partial charge in [0.2, 0.25) is 0 Å². The highest BCUT2D eigenvalue weighted by Crippen LogP contribution is 2.33. The molecule has 26 heavy (non-hydrogen) atoms. The van der Waals surface area contributed by atoms with Crippen molar-refractivity contribution in [1.82, 2.24) is 10.1 Å². The first kappa shape index (κ1) is 18.2. The molecule has 2 aromatic carbocycles. The Hall–Kier alpha value is -2.58. The fraction of sp³-hybridized carbons (Fsp3) is 0.176. The predicted octanol–water partition coefficient (Wildman–Crippen LogP) is 3.77. The van der Waals surface area contributed by atoms with Gasteiger partial charge in [0.1, 0.15) is 10.6 Å². The van der Waals surface area contributed by atoms with Crippen LogP contribution in [0.1, 0.15) is 18.3 Å². The summed E-state index contributed by atoms with van der Waals surface area (Å²) in [5.74, 6) is 0.297. The number of sulfonamides is 1. The summed E-state index contributed by atoms with van der Waals surface area (Å²) < 4.78 is 33.1. The number of halogens is 1. The molecule has 3 rings (SSSR count). The lowest BCUT2D eigenvalue weighted by Gasteiger charge is -2.12. The molecule has 0 aliphatic rings. The molecule has 0 unspecified atom stereocenters. The number of phenols is 1. The van der Waals surface area contributed by atoms with E-state index in [9.17, 15) is 13.5 Å². The average Bonchev–Trinajstić information content (AvgIpc) is 3.07. The lowest BCUT2D eigenvalue weighted by molar-refractivity contribution is 0.423. The molecule has 0 amide bonds. The number of aromatic hydroxyl groups is 1. The second-order valence-electron chi connectivity index (χ2n) is 5.64. The van der Waals surface area contributed by atoms with Crippen LogP contribution in [-0.2, 0) is 16.4 Å². The van der Waals surface area contributed by atoms with Crippen LogP contribution in [0.15, 0.2) is 45.8 Å². The molecule has 2 N–H and O–H groups in total. The Morgan fingerprint density at radius 1 is 1.23 bits per heavy atom. The molecule has 0 aliphatic carbocycles. The lowest BCUT2D eigenvalue weighted by atomic mass is 10.2. The Bertz CT molecular complexity index is 1060. The molecule has 0 saturated carbocycles. The van der Waals surface area contributed by atoms with E-state index in [-0.39, 0.29) is 22.2 Å². The summed E-state index contributed by atoms with van der Waals surface area (Å²) in [6.45, 7) is 3.60. The molecule has 0 aliphatic heterocycles. The van der Waals surface area contributed by atoms with Gasteiger partial charge in [0, 0.05) is 11.4 Å². The average molecular weight is 394 g/mol. The summed E-state index contributed by atoms with van der Waals surface area (Å²) in [5.41, 5.74) is 1.26. The highest BCUT2D eigenvalue weighted by Gasteiger charge is 2.22. The van der Waals surface area contributed by atoms with Crippen molar-refractivity contribution in [2.45, 2.75) is 25.2 Å². The van der Waals surface area contributed by atoms with E-state index in [0.717, 1.165) is 0 Å². The van der Waals surface area contributed by atoms with Gasteiger partial charge in [-0.3, -0.25) is 4.72 Å². The van der Waals surface area contributed by atoms with Gasteiger partial charge >= 0.3 is 0 Å². The van der Waals surface area contributed by atoms with Crippen LogP contribution in [0.2, 0.25) is 5.02 Å². The first-order chi connectivity index (χ1) is 12.3. The van der Waals surface area contributed by atoms with E-state index in [1.165, 1.54) is 30.3 Å². The third-order valence-electron chi connectivity index (χ3n) is 3.65. The van der Waals surface area contributed by atoms with Crippen molar-refractivity contribution < 1.29 is 18.0 Å². The van der Waals surface area contributed by atoms with Crippen molar-refractivity contribution in [2.24, 2.45) is 0 Å². The smallest absolute Gasteiger partial charge is 0.265 e. The molecule has 1 heterocycles. The second kappa shape index (κ2) is 6.97. The van der Waals surface area contributed by atoms with Crippen molar-refractivity contribution >= 4 is 27.3 Å². The highest BCUT2D eigenvalue weighted by molar-refractivity contribution is 7.92. The minimum Gasteiger partial charge on any atom is -0.507 e. The van der Waals surface area contributed by atoms with E-state index in [1.807, 2.05) is 6.92 Å². The summed E-state index contributed by atoms with van der Waals surface area (Å²) >= 11 is 6.03. The maximum Gasteiger partial charge on any atom is 0.265 e. The molecule has 3 aromatic rings. The standard InChI is InChI=1S/C17H16ClN3O4S/c1-3-16-19-17(25-20-16)12-9-11(18)5-6-13(12)21-26(23,24)15-8-10(2)4-7-14(15)22/h4-9,21-22H,3H2,1-2H3. The number of nitrogens with one attached hydrogen (secondary N) is 1. The molecule has 0 atom stereocenters. The van der Waals surface area contributed by atoms with Gasteiger partial charge in [0.15, 0.2) is 5.82 Å². The van der Waals surface area contributed by atoms with Gasteiger partial charge in [-0.15, -0.1) is 0 Å². The Balaban J connectivity index is 2.06. The maximum atomic E-state index is 12.7. The van der Waals surface area contributed by atoms with Crippen LogP contribution in [0.3, 0.4) is 0 Å². The zero-order chi connectivity index (χ0) is 18.9. The maximum absolute atomic E-state index is 12.7. The third kappa shape index (κ3) is 3.66. The zero-order valence-corrected chi connectivity index (χ0v) is 15.6. The van der Waals surface area contributed by atoms with Crippen LogP contribution in [0.4, 0.5) is 5.69 Å². The minimum absolute atomic E-state index is 0.149. The minimum atomic E-state index is -4.04. The molecule has 9 heteroatoms. The van der Waals surface area contributed by atoms with Gasteiger partial charge in [-0.25, -0.2) is 8.42 Å². The number of hydrogen-bond donors (Lipinski definition) is 2. The number of aromatic nitrogens is 2. The molecule has 0 saturated heterocycles. The third-order valence-corrected chi connectivity index (χ3v) is 5.28. The molecule has 136 valence electrons. The van der Waals surface area contributed by atoms with Gasteiger partial charge in [0.05, 0.1) is 11.3 Å². The topological polar surface area (TPSA) is 105 Å². The normalized spacial score (nSPS) is 11.5. The molecule has 1 aromatic heterocycles. The summed E-state index contributed by atoms with van der Waals surface area (Å²) in [5, 5.41) is 14.1. The van der Waals surface area contributed by atoms with Crippen LogP contribution >= 0.6 is 11.6 Å². The van der Waals surface area contributed by atoms with Crippen molar-refractivity contribution in [2.75, 3.05) is 4.72 Å². The van der Waals surface area contributed by atoms with Crippen LogP contribution in [0, 0.1) is 6.92 Å². The first-order valence-electron chi connectivity index (χ1n) is 7.75. The molecular formula is C17H16ClN3O4S. The van der Waals surface area contributed by atoms with Crippen molar-refractivity contribution in [3.63, 3.8) is 0 Å². The molecule has 0 bridgehead atoms. The molecule has 7 nitrogen and oxygen atoms in total. The Labute approximate surface area is 155 Å². The van der Waals surface area contributed by atoms with E-state index < -0.39 is 10.0 Å². The van der Waals surface area contributed by atoms with E-state index in [0.29, 0.717) is 28.4 Å². The van der Waals surface area contributed by atoms with Crippen molar-refractivity contribution in [1.29, 1.82) is 0 Å². The van der Waals surface area contributed by atoms with Crippen LogP contribution in [0.25, 0.3) is 11.5 Å². The molecule has 0 fully saturated rings. The van der Waals surface area contributed by atoms with Crippen LogP contribution in [-0.4, -0.2) is 23.7 Å². The van der Waals surface area contributed by atoms with Gasteiger partial charge in [-0.1, -0.05) is 29.7 Å². The zero-order valence-electron chi connectivity index (χ0n) is 14.0. The predicted molar refractivity (Wildman–Crippen MR) is 97.8 cm³/mol. The number of phenolic OH excluding ortho intramolecular Hbond substituents is 1. The Morgan fingerprint density at radius 2 is 2.00 bits per heavy atom. The highest BCUT2D eigenvalue weighted by atomic mass is 35.5. The summed E-state index contributed by atoms with van der Waals surface area (Å²) in [6, 6.07) is 8.90. The summed E-state index contributed by atoms with van der Waals surface area (Å²) in [6.07, 6.45) is 0.572. The van der Waals surface area contributed by atoms with E-state index in [2.05, 4.69) is 14.9 Å². The van der Waals surface area contributed by atoms with E-state index in [4.69, 9.17) is 16.1 Å². The molecular weight excluding hydrogens is 378 g/mol. The number of aryl methyl sites for hydroxylation is 2. The van der Waals surface area contributed by atoms with Gasteiger partial charge in [-0.2, -0.15) is 4.98 Å². The number of benzene rings is 2. The van der Waals surface area contributed by atoms with Crippen molar-refractivity contribution in [3.8, 4) is 17.2 Å². The van der Waals surface area contributed by atoms with Crippen LogP contribution in [0.5, 0.6) is 5.75 Å². The largest absolute Gasteiger partial charge is 0.507 e. The number of nitrogens with zero attached hydrogens (tertiary/aromatic N) is 2. The number of anilines is 1. The van der Waals surface area contributed by atoms with Crippen molar-refractivity contribution in [3.05, 3.63) is 52.8 Å². The SMILES string of the molecule is CCc1noc(-c2cc(Cl)ccc2NS(=O)(=O)c2cc(C)ccc2O)n1. The van der Waals surface area contributed by atoms with Gasteiger partial charge < -0.3 is 9.63 Å². The van der Waals surface area contributed by atoms with Crippen LogP contribution < -0.4 is 4.72 Å². The summed E-state index contributed by atoms with van der Waals surface area (Å²) in [4.78, 5) is 3.99. The first-order valence-corrected chi connectivity index (χ1v) is 9.61. The fourth-order valence-corrected chi connectivity index (χ4v) is 3.76.